The second kappa shape index (κ2) is 6.84. The lowest BCUT2D eigenvalue weighted by Gasteiger charge is -2.48. The molecule has 0 saturated heterocycles. The molecule has 0 bridgehead atoms. The zero-order chi connectivity index (χ0) is 15.7. The Labute approximate surface area is 129 Å². The Morgan fingerprint density at radius 1 is 0.900 bits per heavy atom. The number of hydrogen-bond donors (Lipinski definition) is 0. The summed E-state index contributed by atoms with van der Waals surface area (Å²) >= 11 is 0. The summed E-state index contributed by atoms with van der Waals surface area (Å²) in [5, 5.41) is 0. The van der Waals surface area contributed by atoms with Crippen molar-refractivity contribution in [3.05, 3.63) is 0 Å². The van der Waals surface area contributed by atoms with Crippen LogP contribution in [-0.2, 0) is 0 Å². The first-order valence-electron chi connectivity index (χ1n) is 9.05. The highest BCUT2D eigenvalue weighted by atomic mass is 14.5. The van der Waals surface area contributed by atoms with Crippen molar-refractivity contribution in [2.75, 3.05) is 0 Å². The van der Waals surface area contributed by atoms with E-state index in [0.717, 1.165) is 41.4 Å². The molecule has 6 atom stereocenters. The highest BCUT2D eigenvalue weighted by Gasteiger charge is 2.41. The maximum atomic E-state index is 2.52. The molecule has 0 aliphatic heterocycles. The minimum atomic E-state index is 0.425. The summed E-state index contributed by atoms with van der Waals surface area (Å²) in [4.78, 5) is 0. The molecule has 120 valence electrons. The van der Waals surface area contributed by atoms with E-state index in [0.29, 0.717) is 5.41 Å². The molecule has 0 aromatic carbocycles. The Hall–Kier alpha value is 0. The van der Waals surface area contributed by atoms with E-state index in [2.05, 4.69) is 62.3 Å². The quantitative estimate of drug-likeness (QED) is 0.541. The molecule has 0 heterocycles. The second-order valence-electron chi connectivity index (χ2n) is 9.39. The maximum Gasteiger partial charge on any atom is -0.0324 e. The number of rotatable bonds is 4. The first-order chi connectivity index (χ1) is 9.05. The van der Waals surface area contributed by atoms with Gasteiger partial charge in [0.2, 0.25) is 0 Å². The minimum absolute atomic E-state index is 0.425. The SMILES string of the molecule is CC1CCC(C)C(C(C(C)C(C)C)C(C)C(C)(C)C)C1. The molecule has 1 saturated carbocycles. The van der Waals surface area contributed by atoms with E-state index in [4.69, 9.17) is 0 Å². The van der Waals surface area contributed by atoms with E-state index in [1.165, 1.54) is 19.3 Å². The fourth-order valence-electron chi connectivity index (χ4n) is 4.35. The van der Waals surface area contributed by atoms with Gasteiger partial charge in [0.15, 0.2) is 0 Å². The van der Waals surface area contributed by atoms with Gasteiger partial charge in [0.1, 0.15) is 0 Å². The van der Waals surface area contributed by atoms with E-state index in [1.54, 1.807) is 0 Å². The van der Waals surface area contributed by atoms with Crippen LogP contribution in [0, 0.1) is 46.8 Å². The van der Waals surface area contributed by atoms with Crippen LogP contribution in [0.25, 0.3) is 0 Å². The summed E-state index contributed by atoms with van der Waals surface area (Å²) < 4.78 is 0. The Bertz CT molecular complexity index is 283. The lowest BCUT2D eigenvalue weighted by Crippen LogP contribution is -2.41. The Morgan fingerprint density at radius 3 is 1.90 bits per heavy atom. The lowest BCUT2D eigenvalue weighted by molar-refractivity contribution is 0.00999. The first kappa shape index (κ1) is 18.1. The van der Waals surface area contributed by atoms with Crippen LogP contribution < -0.4 is 0 Å². The minimum Gasteiger partial charge on any atom is -0.0625 e. The molecule has 1 rings (SSSR count). The zero-order valence-electron chi connectivity index (χ0n) is 15.7. The first-order valence-corrected chi connectivity index (χ1v) is 9.05. The summed E-state index contributed by atoms with van der Waals surface area (Å²) in [6, 6.07) is 0. The predicted octanol–water partition coefficient (Wildman–Crippen LogP) is 6.65. The number of hydrogen-bond acceptors (Lipinski definition) is 0. The van der Waals surface area contributed by atoms with Gasteiger partial charge in [-0.05, 0) is 53.3 Å². The summed E-state index contributed by atoms with van der Waals surface area (Å²) in [7, 11) is 0. The molecule has 0 amide bonds. The zero-order valence-corrected chi connectivity index (χ0v) is 15.7. The molecular weight excluding hydrogens is 240 g/mol. The Balaban J connectivity index is 3.03. The molecule has 0 radical (unpaired) electrons. The molecule has 0 nitrogen and oxygen atoms in total. The van der Waals surface area contributed by atoms with Gasteiger partial charge in [0, 0.05) is 0 Å². The highest BCUT2D eigenvalue weighted by molar-refractivity contribution is 4.90. The van der Waals surface area contributed by atoms with E-state index in [9.17, 15) is 0 Å². The fraction of sp³-hybridized carbons (Fsp3) is 1.00. The van der Waals surface area contributed by atoms with Crippen LogP contribution in [0.5, 0.6) is 0 Å². The van der Waals surface area contributed by atoms with Gasteiger partial charge in [-0.1, -0.05) is 75.2 Å². The summed E-state index contributed by atoms with van der Waals surface area (Å²) in [5.74, 6) is 6.11. The molecule has 1 aliphatic carbocycles. The van der Waals surface area contributed by atoms with Gasteiger partial charge in [0.05, 0.1) is 0 Å². The van der Waals surface area contributed by atoms with Gasteiger partial charge in [-0.25, -0.2) is 0 Å². The van der Waals surface area contributed by atoms with E-state index in [-0.39, 0.29) is 0 Å². The topological polar surface area (TPSA) is 0 Å². The van der Waals surface area contributed by atoms with Crippen molar-refractivity contribution in [3.63, 3.8) is 0 Å². The Morgan fingerprint density at radius 2 is 1.45 bits per heavy atom. The summed E-state index contributed by atoms with van der Waals surface area (Å²) in [6.07, 6.45) is 4.36. The largest absolute Gasteiger partial charge is 0.0625 e. The van der Waals surface area contributed by atoms with Gasteiger partial charge in [-0.3, -0.25) is 0 Å². The van der Waals surface area contributed by atoms with Crippen LogP contribution in [0.3, 0.4) is 0 Å². The van der Waals surface area contributed by atoms with Crippen LogP contribution in [0.15, 0.2) is 0 Å². The third kappa shape index (κ3) is 4.25. The van der Waals surface area contributed by atoms with Crippen molar-refractivity contribution < 1.29 is 0 Å². The maximum absolute atomic E-state index is 2.52. The standard InChI is InChI=1S/C20H40/c1-13(2)16(5)19(17(6)20(7,8)9)18-12-14(3)10-11-15(18)4/h13-19H,10-12H2,1-9H3. The summed E-state index contributed by atoms with van der Waals surface area (Å²) in [5.41, 5.74) is 0.425. The van der Waals surface area contributed by atoms with Gasteiger partial charge in [-0.2, -0.15) is 0 Å². The molecule has 20 heavy (non-hydrogen) atoms. The fourth-order valence-corrected chi connectivity index (χ4v) is 4.35. The van der Waals surface area contributed by atoms with Crippen LogP contribution >= 0.6 is 0 Å². The van der Waals surface area contributed by atoms with E-state index >= 15 is 0 Å². The van der Waals surface area contributed by atoms with Crippen molar-refractivity contribution in [1.82, 2.24) is 0 Å². The normalized spacial score (nSPS) is 33.0. The third-order valence-electron chi connectivity index (χ3n) is 6.62. The van der Waals surface area contributed by atoms with Crippen molar-refractivity contribution in [2.24, 2.45) is 46.8 Å². The lowest BCUT2D eigenvalue weighted by atomic mass is 9.57. The molecular formula is C20H40. The third-order valence-corrected chi connectivity index (χ3v) is 6.62. The average Bonchev–Trinajstić information content (AvgIpc) is 2.32. The van der Waals surface area contributed by atoms with Crippen molar-refractivity contribution in [2.45, 2.75) is 81.6 Å². The monoisotopic (exact) mass is 280 g/mol. The Kier molecular flexibility index (Phi) is 6.17. The second-order valence-corrected chi connectivity index (χ2v) is 9.39. The van der Waals surface area contributed by atoms with E-state index in [1.807, 2.05) is 0 Å². The molecule has 1 fully saturated rings. The van der Waals surface area contributed by atoms with Gasteiger partial charge in [-0.15, -0.1) is 0 Å². The smallest absolute Gasteiger partial charge is 0.0324 e. The molecule has 0 aromatic rings. The van der Waals surface area contributed by atoms with Gasteiger partial charge >= 0.3 is 0 Å². The van der Waals surface area contributed by atoms with E-state index < -0.39 is 0 Å². The average molecular weight is 281 g/mol. The predicted molar refractivity (Wildman–Crippen MR) is 91.8 cm³/mol. The molecule has 1 aliphatic rings. The van der Waals surface area contributed by atoms with Crippen molar-refractivity contribution in [3.8, 4) is 0 Å². The highest BCUT2D eigenvalue weighted by Crippen LogP contribution is 2.49. The molecule has 0 spiro atoms. The molecule has 6 unspecified atom stereocenters. The molecule has 0 heteroatoms. The molecule has 0 N–H and O–H groups in total. The molecule has 0 aromatic heterocycles. The van der Waals surface area contributed by atoms with Crippen LogP contribution in [0.1, 0.15) is 81.6 Å². The van der Waals surface area contributed by atoms with Crippen LogP contribution in [0.4, 0.5) is 0 Å². The van der Waals surface area contributed by atoms with Crippen LogP contribution in [-0.4, -0.2) is 0 Å². The van der Waals surface area contributed by atoms with Crippen molar-refractivity contribution in [1.29, 1.82) is 0 Å². The van der Waals surface area contributed by atoms with Crippen LogP contribution in [0.2, 0.25) is 0 Å². The van der Waals surface area contributed by atoms with Gasteiger partial charge < -0.3 is 0 Å². The summed E-state index contributed by atoms with van der Waals surface area (Å²) in [6.45, 7) is 22.2. The van der Waals surface area contributed by atoms with Gasteiger partial charge in [0.25, 0.3) is 0 Å². The van der Waals surface area contributed by atoms with Crippen molar-refractivity contribution >= 4 is 0 Å².